The van der Waals surface area contributed by atoms with E-state index in [0.717, 1.165) is 35.8 Å². The van der Waals surface area contributed by atoms with Gasteiger partial charge in [0.05, 0.1) is 12.8 Å². The normalized spacial score (nSPS) is 12.9. The van der Waals surface area contributed by atoms with Crippen molar-refractivity contribution < 1.29 is 4.74 Å². The number of fused-ring (bicyclic) bond motifs is 1. The van der Waals surface area contributed by atoms with Crippen LogP contribution in [-0.2, 0) is 13.0 Å². The SMILES string of the molecule is COc1cccc(-c2nc3c(s2)CNCC3)c1.Cl.Cl. The number of thiazole rings is 1. The van der Waals surface area contributed by atoms with E-state index in [2.05, 4.69) is 11.4 Å². The van der Waals surface area contributed by atoms with Crippen LogP contribution in [0.1, 0.15) is 10.6 Å². The lowest BCUT2D eigenvalue weighted by Crippen LogP contribution is -2.22. The third kappa shape index (κ3) is 3.39. The second-order valence-electron chi connectivity index (χ2n) is 4.05. The summed E-state index contributed by atoms with van der Waals surface area (Å²) < 4.78 is 5.24. The minimum Gasteiger partial charge on any atom is -0.497 e. The van der Waals surface area contributed by atoms with Gasteiger partial charge in [-0.2, -0.15) is 0 Å². The number of nitrogens with zero attached hydrogens (tertiary/aromatic N) is 1. The molecule has 2 heterocycles. The molecule has 19 heavy (non-hydrogen) atoms. The summed E-state index contributed by atoms with van der Waals surface area (Å²) >= 11 is 1.78. The maximum Gasteiger partial charge on any atom is 0.124 e. The van der Waals surface area contributed by atoms with Crippen molar-refractivity contribution in [2.45, 2.75) is 13.0 Å². The first-order chi connectivity index (χ1) is 8.36. The number of halogens is 2. The summed E-state index contributed by atoms with van der Waals surface area (Å²) in [6.45, 7) is 1.99. The molecule has 0 fully saturated rings. The van der Waals surface area contributed by atoms with Crippen LogP contribution in [-0.4, -0.2) is 18.6 Å². The molecule has 3 rings (SSSR count). The van der Waals surface area contributed by atoms with Crippen LogP contribution in [0.2, 0.25) is 0 Å². The average Bonchev–Trinajstić information content (AvgIpc) is 2.82. The second kappa shape index (κ2) is 7.10. The first-order valence-electron chi connectivity index (χ1n) is 5.70. The molecule has 3 nitrogen and oxygen atoms in total. The van der Waals surface area contributed by atoms with E-state index >= 15 is 0 Å². The van der Waals surface area contributed by atoms with E-state index in [9.17, 15) is 0 Å². The predicted molar refractivity (Wildman–Crippen MR) is 84.0 cm³/mol. The Labute approximate surface area is 129 Å². The maximum absolute atomic E-state index is 5.24. The quantitative estimate of drug-likeness (QED) is 0.922. The molecule has 1 aliphatic heterocycles. The highest BCUT2D eigenvalue weighted by atomic mass is 35.5. The van der Waals surface area contributed by atoms with Crippen molar-refractivity contribution in [1.82, 2.24) is 10.3 Å². The van der Waals surface area contributed by atoms with Crippen LogP contribution >= 0.6 is 36.2 Å². The third-order valence-corrected chi connectivity index (χ3v) is 4.07. The van der Waals surface area contributed by atoms with Gasteiger partial charge in [0.1, 0.15) is 10.8 Å². The number of rotatable bonds is 2. The van der Waals surface area contributed by atoms with Gasteiger partial charge in [0.25, 0.3) is 0 Å². The topological polar surface area (TPSA) is 34.1 Å². The van der Waals surface area contributed by atoms with Gasteiger partial charge in [-0.25, -0.2) is 4.98 Å². The molecule has 2 aromatic rings. The first kappa shape index (κ1) is 16.2. The maximum atomic E-state index is 5.24. The zero-order valence-electron chi connectivity index (χ0n) is 10.5. The molecule has 1 aromatic heterocycles. The van der Waals surface area contributed by atoms with Crippen LogP contribution in [0, 0.1) is 0 Å². The summed E-state index contributed by atoms with van der Waals surface area (Å²) in [5.41, 5.74) is 2.40. The standard InChI is InChI=1S/C13H14N2OS.2ClH/c1-16-10-4-2-3-9(7-10)13-15-11-5-6-14-8-12(11)17-13;;/h2-4,7,14H,5-6,8H2,1H3;2*1H. The van der Waals surface area contributed by atoms with E-state index in [-0.39, 0.29) is 24.8 Å². The van der Waals surface area contributed by atoms with Gasteiger partial charge in [0.2, 0.25) is 0 Å². The highest BCUT2D eigenvalue weighted by Gasteiger charge is 2.15. The Balaban J connectivity index is 0.000000902. The van der Waals surface area contributed by atoms with Crippen molar-refractivity contribution in [3.8, 4) is 16.3 Å². The first-order valence-corrected chi connectivity index (χ1v) is 6.52. The Morgan fingerprint density at radius 2 is 2.16 bits per heavy atom. The highest BCUT2D eigenvalue weighted by Crippen LogP contribution is 2.31. The number of ether oxygens (including phenoxy) is 1. The Bertz CT molecular complexity index is 522. The van der Waals surface area contributed by atoms with Gasteiger partial charge in [0, 0.05) is 30.0 Å². The molecule has 0 saturated carbocycles. The van der Waals surface area contributed by atoms with E-state index in [4.69, 9.17) is 9.72 Å². The van der Waals surface area contributed by atoms with Crippen LogP contribution in [0.25, 0.3) is 10.6 Å². The Hall–Kier alpha value is -0.810. The molecule has 104 valence electrons. The number of methoxy groups -OCH3 is 1. The minimum absolute atomic E-state index is 0. The zero-order valence-corrected chi connectivity index (χ0v) is 13.0. The summed E-state index contributed by atoms with van der Waals surface area (Å²) in [4.78, 5) is 6.09. The molecule has 0 atom stereocenters. The molecule has 1 aliphatic rings. The fourth-order valence-electron chi connectivity index (χ4n) is 2.01. The van der Waals surface area contributed by atoms with E-state index in [1.54, 1.807) is 18.4 Å². The van der Waals surface area contributed by atoms with E-state index < -0.39 is 0 Å². The zero-order chi connectivity index (χ0) is 11.7. The molecule has 0 saturated heterocycles. The Morgan fingerprint density at radius 3 is 2.89 bits per heavy atom. The molecular formula is C13H16Cl2N2OS. The molecule has 0 amide bonds. The van der Waals surface area contributed by atoms with E-state index in [1.807, 2.05) is 18.2 Å². The van der Waals surface area contributed by atoms with Gasteiger partial charge in [-0.05, 0) is 12.1 Å². The number of aromatic nitrogens is 1. The van der Waals surface area contributed by atoms with Gasteiger partial charge in [0.15, 0.2) is 0 Å². The fraction of sp³-hybridized carbons (Fsp3) is 0.308. The van der Waals surface area contributed by atoms with Crippen molar-refractivity contribution >= 4 is 36.2 Å². The molecule has 1 aromatic carbocycles. The summed E-state index contributed by atoms with van der Waals surface area (Å²) in [5.74, 6) is 0.883. The van der Waals surface area contributed by atoms with Crippen molar-refractivity contribution in [3.63, 3.8) is 0 Å². The van der Waals surface area contributed by atoms with E-state index in [1.165, 1.54) is 10.6 Å². The van der Waals surface area contributed by atoms with Crippen molar-refractivity contribution in [2.75, 3.05) is 13.7 Å². The van der Waals surface area contributed by atoms with Crippen molar-refractivity contribution in [2.24, 2.45) is 0 Å². The van der Waals surface area contributed by atoms with Gasteiger partial charge >= 0.3 is 0 Å². The number of benzene rings is 1. The van der Waals surface area contributed by atoms with Gasteiger partial charge in [-0.1, -0.05) is 12.1 Å². The fourth-order valence-corrected chi connectivity index (χ4v) is 3.08. The summed E-state index contributed by atoms with van der Waals surface area (Å²) in [6.07, 6.45) is 1.04. The lowest BCUT2D eigenvalue weighted by atomic mass is 10.2. The smallest absolute Gasteiger partial charge is 0.124 e. The van der Waals surface area contributed by atoms with Gasteiger partial charge in [-0.15, -0.1) is 36.2 Å². The number of hydrogen-bond donors (Lipinski definition) is 1. The summed E-state index contributed by atoms with van der Waals surface area (Å²) in [7, 11) is 1.69. The number of nitrogens with one attached hydrogen (secondary N) is 1. The third-order valence-electron chi connectivity index (χ3n) is 2.92. The van der Waals surface area contributed by atoms with Crippen LogP contribution in [0.5, 0.6) is 5.75 Å². The van der Waals surface area contributed by atoms with Crippen molar-refractivity contribution in [3.05, 3.63) is 34.8 Å². The predicted octanol–water partition coefficient (Wildman–Crippen LogP) is 3.31. The monoisotopic (exact) mass is 318 g/mol. The van der Waals surface area contributed by atoms with Gasteiger partial charge in [-0.3, -0.25) is 0 Å². The molecule has 0 bridgehead atoms. The molecule has 6 heteroatoms. The molecule has 0 aliphatic carbocycles. The van der Waals surface area contributed by atoms with Gasteiger partial charge < -0.3 is 10.1 Å². The summed E-state index contributed by atoms with van der Waals surface area (Å²) in [5, 5.41) is 4.47. The molecule has 1 N–H and O–H groups in total. The molecular weight excluding hydrogens is 303 g/mol. The lowest BCUT2D eigenvalue weighted by Gasteiger charge is -2.09. The van der Waals surface area contributed by atoms with Crippen molar-refractivity contribution in [1.29, 1.82) is 0 Å². The number of hydrogen-bond acceptors (Lipinski definition) is 4. The molecule has 0 spiro atoms. The van der Waals surface area contributed by atoms with Crippen LogP contribution in [0.3, 0.4) is 0 Å². The largest absolute Gasteiger partial charge is 0.497 e. The summed E-state index contributed by atoms with van der Waals surface area (Å²) in [6, 6.07) is 8.09. The average molecular weight is 319 g/mol. The van der Waals surface area contributed by atoms with E-state index in [0.29, 0.717) is 0 Å². The Kier molecular flexibility index (Phi) is 6.07. The van der Waals surface area contributed by atoms with Crippen LogP contribution in [0.15, 0.2) is 24.3 Å². The lowest BCUT2D eigenvalue weighted by molar-refractivity contribution is 0.415. The molecule has 0 radical (unpaired) electrons. The Morgan fingerprint density at radius 1 is 1.32 bits per heavy atom. The second-order valence-corrected chi connectivity index (χ2v) is 5.13. The highest BCUT2D eigenvalue weighted by molar-refractivity contribution is 7.15. The van der Waals surface area contributed by atoms with Crippen LogP contribution < -0.4 is 10.1 Å². The minimum atomic E-state index is 0. The molecule has 0 unspecified atom stereocenters. The van der Waals surface area contributed by atoms with Crippen LogP contribution in [0.4, 0.5) is 0 Å².